The van der Waals surface area contributed by atoms with Gasteiger partial charge in [-0.3, -0.25) is 9.69 Å². The molecule has 0 radical (unpaired) electrons. The molecule has 5 heteroatoms. The molecule has 0 bridgehead atoms. The largest absolute Gasteiger partial charge is 0.496 e. The van der Waals surface area contributed by atoms with Crippen molar-refractivity contribution in [1.29, 1.82) is 0 Å². The van der Waals surface area contributed by atoms with Gasteiger partial charge in [0, 0.05) is 18.2 Å². The van der Waals surface area contributed by atoms with Crippen molar-refractivity contribution in [1.82, 2.24) is 4.90 Å². The van der Waals surface area contributed by atoms with Crippen LogP contribution in [0.25, 0.3) is 22.1 Å². The Balaban J connectivity index is 1.62. The second-order valence-corrected chi connectivity index (χ2v) is 8.09. The molecule has 0 saturated heterocycles. The molecule has 0 saturated carbocycles. The van der Waals surface area contributed by atoms with Crippen LogP contribution in [0.3, 0.4) is 0 Å². The highest BCUT2D eigenvalue weighted by Crippen LogP contribution is 2.37. The topological polar surface area (TPSA) is 51.9 Å². The number of hydrogen-bond acceptors (Lipinski definition) is 5. The zero-order valence-corrected chi connectivity index (χ0v) is 18.4. The predicted octanol–water partition coefficient (Wildman–Crippen LogP) is 5.69. The molecular formula is C27H25NO4. The van der Waals surface area contributed by atoms with Gasteiger partial charge in [-0.25, -0.2) is 0 Å². The van der Waals surface area contributed by atoms with Crippen LogP contribution >= 0.6 is 0 Å². The molecule has 0 spiro atoms. The van der Waals surface area contributed by atoms with Gasteiger partial charge in [0.2, 0.25) is 5.43 Å². The Hall–Kier alpha value is -3.57. The first-order chi connectivity index (χ1) is 15.6. The highest BCUT2D eigenvalue weighted by molar-refractivity contribution is 5.87. The molecule has 1 aliphatic rings. The third-order valence-electron chi connectivity index (χ3n) is 6.25. The molecule has 5 rings (SSSR count). The molecule has 1 unspecified atom stereocenters. The number of methoxy groups -OCH3 is 1. The van der Waals surface area contributed by atoms with Crippen LogP contribution in [-0.2, 0) is 6.54 Å². The lowest BCUT2D eigenvalue weighted by Gasteiger charge is -2.34. The summed E-state index contributed by atoms with van der Waals surface area (Å²) in [6, 6.07) is 21.7. The first-order valence-electron chi connectivity index (χ1n) is 10.7. The Morgan fingerprint density at radius 3 is 2.53 bits per heavy atom. The number of nitrogens with zero attached hydrogens (tertiary/aromatic N) is 1. The normalized spacial score (nSPS) is 14.6. The van der Waals surface area contributed by atoms with E-state index in [0.717, 1.165) is 16.9 Å². The minimum Gasteiger partial charge on any atom is -0.496 e. The zero-order chi connectivity index (χ0) is 22.2. The lowest BCUT2D eigenvalue weighted by molar-refractivity contribution is 0.0620. The van der Waals surface area contributed by atoms with Gasteiger partial charge >= 0.3 is 0 Å². The van der Waals surface area contributed by atoms with E-state index < -0.39 is 0 Å². The second-order valence-electron chi connectivity index (χ2n) is 8.09. The summed E-state index contributed by atoms with van der Waals surface area (Å²) in [7, 11) is 1.60. The van der Waals surface area contributed by atoms with E-state index in [1.54, 1.807) is 13.2 Å². The third kappa shape index (κ3) is 3.35. The van der Waals surface area contributed by atoms with E-state index in [-0.39, 0.29) is 11.5 Å². The van der Waals surface area contributed by atoms with E-state index in [9.17, 15) is 4.79 Å². The molecule has 0 aliphatic carbocycles. The van der Waals surface area contributed by atoms with Crippen LogP contribution in [-0.4, -0.2) is 18.7 Å². The molecule has 1 aliphatic heterocycles. The minimum atomic E-state index is -0.0655. The molecule has 0 N–H and O–H groups in total. The van der Waals surface area contributed by atoms with Crippen molar-refractivity contribution in [3.8, 4) is 22.6 Å². The number of fused-ring (bicyclic) bond motifs is 3. The van der Waals surface area contributed by atoms with Crippen LogP contribution in [0.15, 0.2) is 75.9 Å². The van der Waals surface area contributed by atoms with Crippen LogP contribution < -0.4 is 14.9 Å². The van der Waals surface area contributed by atoms with Crippen LogP contribution in [0.5, 0.6) is 11.5 Å². The van der Waals surface area contributed by atoms with Crippen molar-refractivity contribution in [3.63, 3.8) is 0 Å². The van der Waals surface area contributed by atoms with Crippen molar-refractivity contribution < 1.29 is 13.9 Å². The van der Waals surface area contributed by atoms with Crippen molar-refractivity contribution in [2.75, 3.05) is 13.8 Å². The summed E-state index contributed by atoms with van der Waals surface area (Å²) in [6.07, 6.45) is 0. The van der Waals surface area contributed by atoms with Gasteiger partial charge in [0.15, 0.2) is 0 Å². The molecule has 0 fully saturated rings. The second kappa shape index (κ2) is 8.17. The van der Waals surface area contributed by atoms with Crippen LogP contribution in [0.2, 0.25) is 0 Å². The molecule has 3 aromatic carbocycles. The zero-order valence-electron chi connectivity index (χ0n) is 18.4. The van der Waals surface area contributed by atoms with Gasteiger partial charge in [-0.05, 0) is 37.6 Å². The highest BCUT2D eigenvalue weighted by atomic mass is 16.5. The molecule has 162 valence electrons. The first-order valence-corrected chi connectivity index (χ1v) is 10.7. The van der Waals surface area contributed by atoms with Crippen molar-refractivity contribution in [2.45, 2.75) is 26.4 Å². The minimum absolute atomic E-state index is 0.0655. The van der Waals surface area contributed by atoms with Gasteiger partial charge in [0.25, 0.3) is 0 Å². The summed E-state index contributed by atoms with van der Waals surface area (Å²) in [6.45, 7) is 5.11. The molecule has 1 aromatic heterocycles. The Kier molecular flexibility index (Phi) is 5.19. The van der Waals surface area contributed by atoms with E-state index in [4.69, 9.17) is 13.9 Å². The van der Waals surface area contributed by atoms with Gasteiger partial charge in [0.05, 0.1) is 23.6 Å². The average molecular weight is 428 g/mol. The monoisotopic (exact) mass is 427 g/mol. The number of hydrogen-bond donors (Lipinski definition) is 0. The van der Waals surface area contributed by atoms with Crippen molar-refractivity contribution >= 4 is 11.0 Å². The summed E-state index contributed by atoms with van der Waals surface area (Å²) >= 11 is 0. The van der Waals surface area contributed by atoms with Gasteiger partial charge in [-0.15, -0.1) is 0 Å². The standard InChI is InChI=1S/C27H25NO4/c1-17(19-9-5-4-6-10-19)28-15-22-24(31-16-28)14-13-21-26(29)25(18(2)32-27(21)22)20-11-7-8-12-23(20)30-3/h4-14,17H,15-16H2,1-3H3. The van der Waals surface area contributed by atoms with E-state index in [1.165, 1.54) is 5.56 Å². The maximum atomic E-state index is 13.6. The lowest BCUT2D eigenvalue weighted by atomic mass is 9.99. The quantitative estimate of drug-likeness (QED) is 0.419. The number of para-hydroxylation sites is 1. The fraction of sp³-hybridized carbons (Fsp3) is 0.222. The molecule has 1 atom stereocenters. The highest BCUT2D eigenvalue weighted by Gasteiger charge is 2.27. The first kappa shape index (κ1) is 20.3. The number of rotatable bonds is 4. The Bertz CT molecular complexity index is 1340. The fourth-order valence-electron chi connectivity index (χ4n) is 4.44. The van der Waals surface area contributed by atoms with Crippen LogP contribution in [0.4, 0.5) is 0 Å². The summed E-state index contributed by atoms with van der Waals surface area (Å²) in [4.78, 5) is 15.8. The third-order valence-corrected chi connectivity index (χ3v) is 6.25. The predicted molar refractivity (Wildman–Crippen MR) is 125 cm³/mol. The summed E-state index contributed by atoms with van der Waals surface area (Å²) in [5, 5.41) is 0.549. The van der Waals surface area contributed by atoms with Crippen LogP contribution in [0.1, 0.15) is 29.9 Å². The maximum Gasteiger partial charge on any atom is 0.200 e. The molecule has 0 amide bonds. The number of aryl methyl sites for hydroxylation is 1. The van der Waals surface area contributed by atoms with Gasteiger partial charge in [0.1, 0.15) is 29.6 Å². The Morgan fingerprint density at radius 1 is 1.00 bits per heavy atom. The average Bonchev–Trinajstić information content (AvgIpc) is 2.84. The van der Waals surface area contributed by atoms with Gasteiger partial charge in [-0.2, -0.15) is 0 Å². The summed E-state index contributed by atoms with van der Waals surface area (Å²) in [5.41, 5.74) is 3.91. The fourth-order valence-corrected chi connectivity index (χ4v) is 4.44. The smallest absolute Gasteiger partial charge is 0.200 e. The Labute approximate surface area is 186 Å². The number of ether oxygens (including phenoxy) is 2. The van der Waals surface area contributed by atoms with Crippen molar-refractivity contribution in [2.24, 2.45) is 0 Å². The van der Waals surface area contributed by atoms with Crippen molar-refractivity contribution in [3.05, 3.63) is 93.8 Å². The molecule has 2 heterocycles. The van der Waals surface area contributed by atoms with E-state index in [1.807, 2.05) is 55.5 Å². The van der Waals surface area contributed by atoms with E-state index in [0.29, 0.717) is 41.3 Å². The summed E-state index contributed by atoms with van der Waals surface area (Å²) in [5.74, 6) is 1.97. The maximum absolute atomic E-state index is 13.6. The molecule has 5 nitrogen and oxygen atoms in total. The Morgan fingerprint density at radius 2 is 1.75 bits per heavy atom. The van der Waals surface area contributed by atoms with E-state index in [2.05, 4.69) is 24.0 Å². The molecule has 4 aromatic rings. The lowest BCUT2D eigenvalue weighted by Crippen LogP contribution is -2.34. The molecule has 32 heavy (non-hydrogen) atoms. The van der Waals surface area contributed by atoms with Crippen LogP contribution in [0, 0.1) is 6.92 Å². The van der Waals surface area contributed by atoms with E-state index >= 15 is 0 Å². The molecular weight excluding hydrogens is 402 g/mol. The van der Waals surface area contributed by atoms with Gasteiger partial charge < -0.3 is 13.9 Å². The number of benzene rings is 3. The van der Waals surface area contributed by atoms with Gasteiger partial charge in [-0.1, -0.05) is 48.5 Å². The SMILES string of the molecule is COc1ccccc1-c1c(C)oc2c3c(ccc2c1=O)OCN(C(C)c1ccccc1)C3. The summed E-state index contributed by atoms with van der Waals surface area (Å²) < 4.78 is 17.8.